The van der Waals surface area contributed by atoms with E-state index in [9.17, 15) is 14.4 Å². The average molecular weight is 367 g/mol. The second kappa shape index (κ2) is 8.03. The molecule has 2 atom stereocenters. The van der Waals surface area contributed by atoms with E-state index in [2.05, 4.69) is 5.32 Å². The summed E-state index contributed by atoms with van der Waals surface area (Å²) in [5.74, 6) is -1.16. The van der Waals surface area contributed by atoms with Crippen LogP contribution in [-0.2, 0) is 14.3 Å². The molecule has 0 spiro atoms. The minimum Gasteiger partial charge on any atom is -0.455 e. The van der Waals surface area contributed by atoms with Crippen molar-refractivity contribution in [3.8, 4) is 0 Å². The lowest BCUT2D eigenvalue weighted by Gasteiger charge is -2.32. The molecule has 1 N–H and O–H groups in total. The largest absolute Gasteiger partial charge is 0.455 e. The summed E-state index contributed by atoms with van der Waals surface area (Å²) in [6, 6.07) is 17.3. The highest BCUT2D eigenvalue weighted by atomic mass is 16.6. The first-order valence-electron chi connectivity index (χ1n) is 8.79. The van der Waals surface area contributed by atoms with Crippen LogP contribution in [-0.4, -0.2) is 36.1 Å². The average Bonchev–Trinajstić information content (AvgIpc) is 3.05. The normalized spacial score (nSPS) is 19.8. The predicted molar refractivity (Wildman–Crippen MR) is 98.2 cm³/mol. The van der Waals surface area contributed by atoms with Crippen LogP contribution >= 0.6 is 0 Å². The van der Waals surface area contributed by atoms with Crippen LogP contribution in [0.1, 0.15) is 40.5 Å². The number of hydrogen-bond acceptors (Lipinski definition) is 5. The van der Waals surface area contributed by atoms with Gasteiger partial charge < -0.3 is 14.8 Å². The third-order valence-corrected chi connectivity index (χ3v) is 4.60. The van der Waals surface area contributed by atoms with Gasteiger partial charge in [-0.15, -0.1) is 0 Å². The van der Waals surface area contributed by atoms with Gasteiger partial charge >= 0.3 is 11.9 Å². The van der Waals surface area contributed by atoms with Crippen LogP contribution in [0.3, 0.4) is 0 Å². The summed E-state index contributed by atoms with van der Waals surface area (Å²) in [6.07, 6.45) is -0.133. The minimum atomic E-state index is -0.981. The standard InChI is InChI=1S/C21H21NO5/c1-21(13-12-18(23)27-21)17(26-20(25)16-10-6-3-7-11-16)14-22-19(24)15-8-4-2-5-9-15/h2-11,17H,12-14H2,1H3,(H,22,24)/t17-,21-/m0/s1. The molecule has 0 unspecified atom stereocenters. The van der Waals surface area contributed by atoms with E-state index < -0.39 is 17.7 Å². The van der Waals surface area contributed by atoms with Crippen molar-refractivity contribution >= 4 is 17.8 Å². The second-order valence-electron chi connectivity index (χ2n) is 6.62. The van der Waals surface area contributed by atoms with Gasteiger partial charge in [0.25, 0.3) is 5.91 Å². The molecular weight excluding hydrogens is 346 g/mol. The van der Waals surface area contributed by atoms with Gasteiger partial charge in [-0.2, -0.15) is 0 Å². The lowest BCUT2D eigenvalue weighted by atomic mass is 9.95. The highest BCUT2D eigenvalue weighted by molar-refractivity contribution is 5.94. The molecule has 1 saturated heterocycles. The van der Waals surface area contributed by atoms with Crippen LogP contribution in [0.5, 0.6) is 0 Å². The van der Waals surface area contributed by atoms with E-state index in [1.165, 1.54) is 0 Å². The van der Waals surface area contributed by atoms with Crippen molar-refractivity contribution in [1.82, 2.24) is 5.32 Å². The van der Waals surface area contributed by atoms with Crippen LogP contribution in [0.4, 0.5) is 0 Å². The topological polar surface area (TPSA) is 81.7 Å². The quantitative estimate of drug-likeness (QED) is 0.794. The third kappa shape index (κ3) is 4.53. The zero-order chi connectivity index (χ0) is 19.3. The van der Waals surface area contributed by atoms with Crippen molar-refractivity contribution in [2.24, 2.45) is 0 Å². The lowest BCUT2D eigenvalue weighted by Crippen LogP contribution is -2.49. The molecule has 6 nitrogen and oxygen atoms in total. The molecule has 3 rings (SSSR count). The highest BCUT2D eigenvalue weighted by Gasteiger charge is 2.45. The summed E-state index contributed by atoms with van der Waals surface area (Å²) < 4.78 is 11.0. The molecule has 1 aliphatic heterocycles. The van der Waals surface area contributed by atoms with Gasteiger partial charge in [-0.05, 0) is 31.2 Å². The van der Waals surface area contributed by atoms with Crippen LogP contribution < -0.4 is 5.32 Å². The summed E-state index contributed by atoms with van der Waals surface area (Å²) in [5, 5.41) is 2.77. The summed E-state index contributed by atoms with van der Waals surface area (Å²) in [7, 11) is 0. The van der Waals surface area contributed by atoms with Crippen LogP contribution in [0.2, 0.25) is 0 Å². The predicted octanol–water partition coefficient (Wildman–Crippen LogP) is 2.74. The van der Waals surface area contributed by atoms with Gasteiger partial charge in [-0.3, -0.25) is 9.59 Å². The molecule has 140 valence electrons. The first kappa shape index (κ1) is 18.6. The number of ether oxygens (including phenoxy) is 2. The summed E-state index contributed by atoms with van der Waals surface area (Å²) >= 11 is 0. The lowest BCUT2D eigenvalue weighted by molar-refractivity contribution is -0.156. The Bertz CT molecular complexity index is 821. The molecule has 0 radical (unpaired) electrons. The van der Waals surface area contributed by atoms with Gasteiger partial charge in [0, 0.05) is 18.4 Å². The Hall–Kier alpha value is -3.15. The number of rotatable bonds is 6. The van der Waals surface area contributed by atoms with E-state index in [0.29, 0.717) is 17.5 Å². The number of benzene rings is 2. The van der Waals surface area contributed by atoms with E-state index in [-0.39, 0.29) is 24.8 Å². The molecule has 0 saturated carbocycles. The minimum absolute atomic E-state index is 0.0378. The number of cyclic esters (lactones) is 1. The molecular formula is C21H21NO5. The molecule has 0 aromatic heterocycles. The number of hydrogen-bond donors (Lipinski definition) is 1. The van der Waals surface area contributed by atoms with Crippen molar-refractivity contribution in [3.05, 3.63) is 71.8 Å². The number of amides is 1. The maximum absolute atomic E-state index is 12.5. The van der Waals surface area contributed by atoms with Crippen molar-refractivity contribution in [2.75, 3.05) is 6.54 Å². The third-order valence-electron chi connectivity index (χ3n) is 4.60. The van der Waals surface area contributed by atoms with Crippen molar-refractivity contribution in [3.63, 3.8) is 0 Å². The van der Waals surface area contributed by atoms with Gasteiger partial charge in [0.2, 0.25) is 0 Å². The van der Waals surface area contributed by atoms with Crippen molar-refractivity contribution < 1.29 is 23.9 Å². The maximum Gasteiger partial charge on any atom is 0.338 e. The maximum atomic E-state index is 12.5. The monoisotopic (exact) mass is 367 g/mol. The SMILES string of the molecule is C[C@@]1([C@H](CNC(=O)c2ccccc2)OC(=O)c2ccccc2)CCC(=O)O1. The van der Waals surface area contributed by atoms with Crippen molar-refractivity contribution in [1.29, 1.82) is 0 Å². The van der Waals surface area contributed by atoms with E-state index in [0.717, 1.165) is 0 Å². The molecule has 2 aromatic rings. The second-order valence-corrected chi connectivity index (χ2v) is 6.62. The van der Waals surface area contributed by atoms with E-state index in [1.807, 2.05) is 6.07 Å². The molecule has 0 bridgehead atoms. The zero-order valence-corrected chi connectivity index (χ0v) is 15.0. The Kier molecular flexibility index (Phi) is 5.54. The van der Waals surface area contributed by atoms with Crippen LogP contribution in [0.25, 0.3) is 0 Å². The Morgan fingerprint density at radius 1 is 1.07 bits per heavy atom. The van der Waals surface area contributed by atoms with Crippen LogP contribution in [0, 0.1) is 0 Å². The fraction of sp³-hybridized carbons (Fsp3) is 0.286. The first-order valence-corrected chi connectivity index (χ1v) is 8.79. The van der Waals surface area contributed by atoms with E-state index in [4.69, 9.17) is 9.47 Å². The molecule has 27 heavy (non-hydrogen) atoms. The van der Waals surface area contributed by atoms with Crippen LogP contribution in [0.15, 0.2) is 60.7 Å². The molecule has 2 aromatic carbocycles. The Labute approximate surface area is 157 Å². The molecule has 0 aliphatic carbocycles. The molecule has 1 amide bonds. The van der Waals surface area contributed by atoms with Crippen molar-refractivity contribution in [2.45, 2.75) is 31.5 Å². The van der Waals surface area contributed by atoms with Gasteiger partial charge in [0.15, 0.2) is 6.10 Å². The first-order chi connectivity index (χ1) is 13.0. The number of carbonyl (C=O) groups is 3. The molecule has 6 heteroatoms. The van der Waals surface area contributed by atoms with Gasteiger partial charge in [-0.1, -0.05) is 36.4 Å². The van der Waals surface area contributed by atoms with Gasteiger partial charge in [-0.25, -0.2) is 4.79 Å². The Morgan fingerprint density at radius 2 is 1.67 bits per heavy atom. The van der Waals surface area contributed by atoms with E-state index >= 15 is 0 Å². The highest BCUT2D eigenvalue weighted by Crippen LogP contribution is 2.31. The summed E-state index contributed by atoms with van der Waals surface area (Å²) in [6.45, 7) is 1.76. The molecule has 1 aliphatic rings. The van der Waals surface area contributed by atoms with Gasteiger partial charge in [0.1, 0.15) is 5.60 Å². The Balaban J connectivity index is 1.73. The summed E-state index contributed by atoms with van der Waals surface area (Å²) in [4.78, 5) is 36.4. The zero-order valence-electron chi connectivity index (χ0n) is 15.0. The smallest absolute Gasteiger partial charge is 0.338 e. The molecule has 1 heterocycles. The van der Waals surface area contributed by atoms with E-state index in [1.54, 1.807) is 61.5 Å². The van der Waals surface area contributed by atoms with Gasteiger partial charge in [0.05, 0.1) is 12.1 Å². The summed E-state index contributed by atoms with van der Waals surface area (Å²) in [5.41, 5.74) is -0.0881. The fourth-order valence-corrected chi connectivity index (χ4v) is 2.97. The number of carbonyl (C=O) groups excluding carboxylic acids is 3. The number of nitrogens with one attached hydrogen (secondary N) is 1. The molecule has 1 fully saturated rings. The fourth-order valence-electron chi connectivity index (χ4n) is 2.97. The number of esters is 2. The Morgan fingerprint density at radius 3 is 2.22 bits per heavy atom.